The van der Waals surface area contributed by atoms with E-state index >= 15 is 0 Å². The van der Waals surface area contributed by atoms with Crippen molar-refractivity contribution < 1.29 is 14.3 Å². The number of ether oxygens (including phenoxy) is 1. The van der Waals surface area contributed by atoms with Gasteiger partial charge in [0.05, 0.1) is 0 Å². The Balaban J connectivity index is 1.65. The molecule has 1 heterocycles. The normalized spacial score (nSPS) is 12.8. The molecule has 2 aromatic carbocycles. The van der Waals surface area contributed by atoms with Crippen molar-refractivity contribution in [2.24, 2.45) is 5.73 Å². The molecule has 0 fully saturated rings. The van der Waals surface area contributed by atoms with E-state index in [4.69, 9.17) is 15.9 Å². The largest absolute Gasteiger partial charge is 0.415 e. The van der Waals surface area contributed by atoms with Gasteiger partial charge in [0.2, 0.25) is 5.91 Å². The number of anilines is 1. The molecule has 0 radical (unpaired) electrons. The Morgan fingerprint density at radius 2 is 1.84 bits per heavy atom. The second kappa shape index (κ2) is 10.1. The van der Waals surface area contributed by atoms with E-state index in [0.717, 1.165) is 29.7 Å². The number of nitrogens with two attached hydrogens (primary N) is 1. The number of nitrogen functional groups attached to an aromatic ring is 1. The van der Waals surface area contributed by atoms with E-state index in [0.29, 0.717) is 43.8 Å². The second-order valence-corrected chi connectivity index (χ2v) is 7.59. The molecule has 0 bridgehead atoms. The fourth-order valence-corrected chi connectivity index (χ4v) is 3.78. The van der Waals surface area contributed by atoms with Gasteiger partial charge in [-0.3, -0.25) is 10.2 Å². The van der Waals surface area contributed by atoms with Gasteiger partial charge in [0.15, 0.2) is 0 Å². The highest BCUT2D eigenvalue weighted by atomic mass is 16.6. The Bertz CT molecular complexity index is 952. The van der Waals surface area contributed by atoms with E-state index in [1.165, 1.54) is 0 Å². The summed E-state index contributed by atoms with van der Waals surface area (Å²) >= 11 is 0. The Morgan fingerprint density at radius 3 is 2.48 bits per heavy atom. The van der Waals surface area contributed by atoms with E-state index in [9.17, 15) is 9.59 Å². The van der Waals surface area contributed by atoms with Crippen LogP contribution in [0.5, 0.6) is 5.75 Å². The van der Waals surface area contributed by atoms with Crippen LogP contribution in [0, 0.1) is 5.41 Å². The quantitative estimate of drug-likeness (QED) is 0.525. The summed E-state index contributed by atoms with van der Waals surface area (Å²) in [6, 6.07) is 12.9. The van der Waals surface area contributed by atoms with Gasteiger partial charge in [0, 0.05) is 37.3 Å². The maximum atomic E-state index is 12.9. The number of nitrogens with one attached hydrogen (secondary N) is 1. The minimum Gasteiger partial charge on any atom is -0.410 e. The highest BCUT2D eigenvalue weighted by Gasteiger charge is 2.23. The summed E-state index contributed by atoms with van der Waals surface area (Å²) in [5.41, 5.74) is 9.12. The topological polar surface area (TPSA) is 99.7 Å². The smallest absolute Gasteiger partial charge is 0.410 e. The van der Waals surface area contributed by atoms with Crippen molar-refractivity contribution in [1.29, 1.82) is 5.41 Å². The molecule has 0 spiro atoms. The zero-order valence-electron chi connectivity index (χ0n) is 18.2. The van der Waals surface area contributed by atoms with E-state index < -0.39 is 0 Å². The van der Waals surface area contributed by atoms with Crippen LogP contribution in [0.2, 0.25) is 0 Å². The molecule has 2 amide bonds. The average molecular weight is 423 g/mol. The number of nitrogens with zero attached hydrogens (tertiary/aromatic N) is 2. The molecular formula is C24H30N4O3. The molecule has 0 saturated heterocycles. The van der Waals surface area contributed by atoms with Crippen molar-refractivity contribution >= 4 is 23.5 Å². The Kier molecular flexibility index (Phi) is 7.28. The van der Waals surface area contributed by atoms with Crippen LogP contribution in [0.25, 0.3) is 0 Å². The Morgan fingerprint density at radius 1 is 1.13 bits per heavy atom. The lowest BCUT2D eigenvalue weighted by atomic mass is 10.00. The average Bonchev–Trinajstić information content (AvgIpc) is 2.78. The molecule has 3 rings (SSSR count). The van der Waals surface area contributed by atoms with Crippen molar-refractivity contribution in [2.45, 2.75) is 39.5 Å². The van der Waals surface area contributed by atoms with Crippen LogP contribution in [-0.2, 0) is 17.6 Å². The summed E-state index contributed by atoms with van der Waals surface area (Å²) in [5, 5.41) is 7.46. The summed E-state index contributed by atoms with van der Waals surface area (Å²) in [6.45, 7) is 5.71. The summed E-state index contributed by atoms with van der Waals surface area (Å²) in [7, 11) is 0. The lowest BCUT2D eigenvalue weighted by molar-refractivity contribution is -0.118. The molecule has 0 aliphatic carbocycles. The number of carbonyl (C=O) groups excluding carboxylic acids is 2. The van der Waals surface area contributed by atoms with E-state index in [1.807, 2.05) is 43.0 Å². The molecule has 164 valence electrons. The van der Waals surface area contributed by atoms with Crippen LogP contribution in [0.4, 0.5) is 10.5 Å². The first-order valence-corrected chi connectivity index (χ1v) is 10.8. The molecule has 7 heteroatoms. The summed E-state index contributed by atoms with van der Waals surface area (Å²) < 4.78 is 5.51. The number of benzene rings is 2. The number of amides is 2. The Hall–Kier alpha value is -3.35. The zero-order chi connectivity index (χ0) is 22.4. The molecule has 1 aliphatic rings. The molecule has 0 saturated carbocycles. The number of hydrogen-bond donors (Lipinski definition) is 2. The number of amidine groups is 1. The van der Waals surface area contributed by atoms with E-state index in [1.54, 1.807) is 23.1 Å². The number of aryl methyl sites for hydroxylation is 2. The minimum atomic E-state index is -0.357. The maximum absolute atomic E-state index is 12.9. The van der Waals surface area contributed by atoms with Crippen molar-refractivity contribution in [2.75, 3.05) is 24.5 Å². The fraction of sp³-hybridized carbons (Fsp3) is 0.375. The number of hydrogen-bond acceptors (Lipinski definition) is 4. The van der Waals surface area contributed by atoms with E-state index in [2.05, 4.69) is 0 Å². The van der Waals surface area contributed by atoms with Crippen LogP contribution in [0.1, 0.15) is 43.4 Å². The minimum absolute atomic E-state index is 0.0368. The summed E-state index contributed by atoms with van der Waals surface area (Å²) in [5.74, 6) is 0.620. The van der Waals surface area contributed by atoms with Gasteiger partial charge in [-0.2, -0.15) is 0 Å². The first-order chi connectivity index (χ1) is 14.9. The Labute approximate surface area is 183 Å². The molecule has 2 aromatic rings. The number of carbonyl (C=O) groups is 2. The first kappa shape index (κ1) is 22.3. The van der Waals surface area contributed by atoms with Gasteiger partial charge in [-0.05, 0) is 62.4 Å². The van der Waals surface area contributed by atoms with Crippen molar-refractivity contribution in [3.63, 3.8) is 0 Å². The monoisotopic (exact) mass is 422 g/mol. The standard InChI is InChI=1S/C24H30N4O3/c1-3-27(4-2)24(30)31-20-12-13-21-19(16-20)6-5-15-28(21)22(29)14-9-17-7-10-18(11-8-17)23(25)26/h7-8,10-13,16H,3-6,9,14-15H2,1-2H3,(H3,25,26). The number of fused-ring (bicyclic) bond motifs is 1. The van der Waals surface area contributed by atoms with Crippen LogP contribution < -0.4 is 15.4 Å². The second-order valence-electron chi connectivity index (χ2n) is 7.59. The van der Waals surface area contributed by atoms with Gasteiger partial charge in [0.1, 0.15) is 11.6 Å². The van der Waals surface area contributed by atoms with Gasteiger partial charge < -0.3 is 20.3 Å². The van der Waals surface area contributed by atoms with Crippen molar-refractivity contribution in [1.82, 2.24) is 4.90 Å². The molecule has 31 heavy (non-hydrogen) atoms. The molecule has 7 nitrogen and oxygen atoms in total. The van der Waals surface area contributed by atoms with Gasteiger partial charge in [-0.1, -0.05) is 24.3 Å². The van der Waals surface area contributed by atoms with Crippen molar-refractivity contribution in [3.05, 3.63) is 59.2 Å². The lowest BCUT2D eigenvalue weighted by Gasteiger charge is -2.30. The zero-order valence-corrected chi connectivity index (χ0v) is 18.2. The predicted octanol–water partition coefficient (Wildman–Crippen LogP) is 3.72. The van der Waals surface area contributed by atoms with Gasteiger partial charge in [-0.15, -0.1) is 0 Å². The third-order valence-electron chi connectivity index (χ3n) is 5.59. The van der Waals surface area contributed by atoms with Gasteiger partial charge >= 0.3 is 6.09 Å². The SMILES string of the molecule is CCN(CC)C(=O)Oc1ccc2c(c1)CCCN2C(=O)CCc1ccc(C(=N)N)cc1. The molecule has 3 N–H and O–H groups in total. The van der Waals surface area contributed by atoms with Crippen molar-refractivity contribution in [3.8, 4) is 5.75 Å². The van der Waals surface area contributed by atoms with Crippen LogP contribution >= 0.6 is 0 Å². The fourth-order valence-electron chi connectivity index (χ4n) is 3.78. The molecule has 0 atom stereocenters. The molecule has 0 aromatic heterocycles. The lowest BCUT2D eigenvalue weighted by Crippen LogP contribution is -2.36. The summed E-state index contributed by atoms with van der Waals surface area (Å²) in [6.07, 6.45) is 2.39. The van der Waals surface area contributed by atoms with Crippen LogP contribution in [0.15, 0.2) is 42.5 Å². The molecule has 1 aliphatic heterocycles. The predicted molar refractivity (Wildman–Crippen MR) is 122 cm³/mol. The summed E-state index contributed by atoms with van der Waals surface area (Å²) in [4.78, 5) is 28.6. The maximum Gasteiger partial charge on any atom is 0.415 e. The third kappa shape index (κ3) is 5.42. The first-order valence-electron chi connectivity index (χ1n) is 10.8. The van der Waals surface area contributed by atoms with E-state index in [-0.39, 0.29) is 17.8 Å². The number of rotatable bonds is 7. The molecule has 0 unspecified atom stereocenters. The van der Waals surface area contributed by atoms with Gasteiger partial charge in [0.25, 0.3) is 0 Å². The van der Waals surface area contributed by atoms with Crippen LogP contribution in [-0.4, -0.2) is 42.4 Å². The highest BCUT2D eigenvalue weighted by Crippen LogP contribution is 2.31. The third-order valence-corrected chi connectivity index (χ3v) is 5.59. The highest BCUT2D eigenvalue weighted by molar-refractivity contribution is 5.95. The molecular weight excluding hydrogens is 392 g/mol. The van der Waals surface area contributed by atoms with Gasteiger partial charge in [-0.25, -0.2) is 4.79 Å². The van der Waals surface area contributed by atoms with Crippen LogP contribution in [0.3, 0.4) is 0 Å².